The van der Waals surface area contributed by atoms with E-state index in [2.05, 4.69) is 15.4 Å². The van der Waals surface area contributed by atoms with Crippen LogP contribution < -0.4 is 5.32 Å². The van der Waals surface area contributed by atoms with Crippen molar-refractivity contribution in [3.63, 3.8) is 0 Å². The second kappa shape index (κ2) is 5.89. The average Bonchev–Trinajstić information content (AvgIpc) is 3.18. The van der Waals surface area contributed by atoms with Crippen LogP contribution in [-0.2, 0) is 4.79 Å². The molecule has 0 aromatic carbocycles. The second-order valence-electron chi connectivity index (χ2n) is 7.15. The third-order valence-electron chi connectivity index (χ3n) is 4.40. The molecule has 1 N–H and O–H groups in total. The van der Waals surface area contributed by atoms with Crippen LogP contribution in [0, 0.1) is 5.41 Å². The fourth-order valence-corrected chi connectivity index (χ4v) is 3.21. The summed E-state index contributed by atoms with van der Waals surface area (Å²) in [6.45, 7) is 6.55. The molecular formula is C17H23N5O2. The summed E-state index contributed by atoms with van der Waals surface area (Å²) in [7, 11) is 1.58. The third kappa shape index (κ3) is 2.64. The molecule has 2 aromatic heterocycles. The van der Waals surface area contributed by atoms with Crippen molar-refractivity contribution in [2.45, 2.75) is 39.7 Å². The molecule has 2 amide bonds. The van der Waals surface area contributed by atoms with Crippen LogP contribution in [0.25, 0.3) is 5.65 Å². The molecule has 0 unspecified atom stereocenters. The Kier molecular flexibility index (Phi) is 4.03. The molecule has 0 spiro atoms. The molecule has 1 atom stereocenters. The highest BCUT2D eigenvalue weighted by molar-refractivity contribution is 5.99. The van der Waals surface area contributed by atoms with E-state index in [0.717, 1.165) is 25.1 Å². The van der Waals surface area contributed by atoms with Crippen LogP contribution >= 0.6 is 0 Å². The predicted octanol–water partition coefficient (Wildman–Crippen LogP) is 1.80. The Bertz CT molecular complexity index is 790. The molecule has 1 saturated heterocycles. The van der Waals surface area contributed by atoms with Crippen molar-refractivity contribution in [3.8, 4) is 0 Å². The number of nitrogens with one attached hydrogen (secondary N) is 1. The molecule has 7 nitrogen and oxygen atoms in total. The first-order chi connectivity index (χ1) is 11.3. The lowest BCUT2D eigenvalue weighted by molar-refractivity contribution is -0.140. The van der Waals surface area contributed by atoms with Crippen molar-refractivity contribution >= 4 is 17.5 Å². The first kappa shape index (κ1) is 16.4. The molecule has 24 heavy (non-hydrogen) atoms. The van der Waals surface area contributed by atoms with Crippen LogP contribution in [0.2, 0.25) is 0 Å². The normalized spacial score (nSPS) is 18.2. The van der Waals surface area contributed by atoms with E-state index in [-0.39, 0.29) is 17.9 Å². The van der Waals surface area contributed by atoms with Crippen molar-refractivity contribution in [2.75, 3.05) is 13.6 Å². The topological polar surface area (TPSA) is 79.6 Å². The SMILES string of the molecule is CNC(=O)c1cnn2c([C@H]3CCCN3C(=O)C(C)(C)C)ccnc12. The van der Waals surface area contributed by atoms with Crippen LogP contribution in [0.4, 0.5) is 0 Å². The van der Waals surface area contributed by atoms with Gasteiger partial charge in [0.05, 0.1) is 17.9 Å². The first-order valence-electron chi connectivity index (χ1n) is 8.20. The number of carbonyl (C=O) groups excluding carboxylic acids is 2. The number of hydrogen-bond donors (Lipinski definition) is 1. The van der Waals surface area contributed by atoms with Gasteiger partial charge in [-0.3, -0.25) is 9.59 Å². The molecule has 7 heteroatoms. The maximum atomic E-state index is 12.8. The van der Waals surface area contributed by atoms with Gasteiger partial charge in [0.1, 0.15) is 5.56 Å². The number of rotatable bonds is 2. The van der Waals surface area contributed by atoms with Gasteiger partial charge in [-0.25, -0.2) is 9.50 Å². The fraction of sp³-hybridized carbons (Fsp3) is 0.529. The average molecular weight is 329 g/mol. The Morgan fingerprint density at radius 3 is 2.75 bits per heavy atom. The van der Waals surface area contributed by atoms with E-state index < -0.39 is 5.41 Å². The molecular weight excluding hydrogens is 306 g/mol. The molecule has 3 rings (SSSR count). The number of hydrogen-bond acceptors (Lipinski definition) is 4. The molecule has 1 aliphatic heterocycles. The minimum Gasteiger partial charge on any atom is -0.355 e. The highest BCUT2D eigenvalue weighted by Crippen LogP contribution is 2.35. The zero-order valence-electron chi connectivity index (χ0n) is 14.5. The molecule has 128 valence electrons. The van der Waals surface area contributed by atoms with Gasteiger partial charge in [0.2, 0.25) is 5.91 Å². The van der Waals surface area contributed by atoms with Crippen LogP contribution in [0.3, 0.4) is 0 Å². The predicted molar refractivity (Wildman–Crippen MR) is 89.5 cm³/mol. The van der Waals surface area contributed by atoms with E-state index in [1.54, 1.807) is 17.8 Å². The zero-order valence-corrected chi connectivity index (χ0v) is 14.5. The Morgan fingerprint density at radius 2 is 2.08 bits per heavy atom. The zero-order chi connectivity index (χ0) is 17.5. The molecule has 2 aromatic rings. The van der Waals surface area contributed by atoms with Gasteiger partial charge in [0.15, 0.2) is 5.65 Å². The molecule has 3 heterocycles. The van der Waals surface area contributed by atoms with Crippen molar-refractivity contribution in [1.82, 2.24) is 24.8 Å². The Hall–Kier alpha value is -2.44. The van der Waals surface area contributed by atoms with Gasteiger partial charge in [-0.2, -0.15) is 5.10 Å². The number of carbonyl (C=O) groups is 2. The van der Waals surface area contributed by atoms with Crippen molar-refractivity contribution in [1.29, 1.82) is 0 Å². The van der Waals surface area contributed by atoms with Gasteiger partial charge in [-0.1, -0.05) is 20.8 Å². The van der Waals surface area contributed by atoms with Crippen molar-refractivity contribution in [3.05, 3.63) is 29.7 Å². The Labute approximate surface area is 141 Å². The third-order valence-corrected chi connectivity index (χ3v) is 4.40. The number of amides is 2. The van der Waals surface area contributed by atoms with E-state index in [1.807, 2.05) is 31.7 Å². The van der Waals surface area contributed by atoms with Gasteiger partial charge in [-0.05, 0) is 18.9 Å². The molecule has 0 radical (unpaired) electrons. The summed E-state index contributed by atoms with van der Waals surface area (Å²) in [6, 6.07) is 1.84. The summed E-state index contributed by atoms with van der Waals surface area (Å²) in [5.74, 6) is -0.0858. The van der Waals surface area contributed by atoms with Crippen molar-refractivity contribution in [2.24, 2.45) is 5.41 Å². The number of aromatic nitrogens is 3. The Morgan fingerprint density at radius 1 is 1.33 bits per heavy atom. The lowest BCUT2D eigenvalue weighted by Gasteiger charge is -2.31. The summed E-state index contributed by atoms with van der Waals surface area (Å²) < 4.78 is 1.68. The molecule has 0 saturated carbocycles. The number of likely N-dealkylation sites (tertiary alicyclic amines) is 1. The lowest BCUT2D eigenvalue weighted by atomic mass is 9.94. The monoisotopic (exact) mass is 329 g/mol. The maximum Gasteiger partial charge on any atom is 0.256 e. The maximum absolute atomic E-state index is 12.8. The molecule has 1 fully saturated rings. The van der Waals surface area contributed by atoms with Gasteiger partial charge in [0, 0.05) is 25.2 Å². The van der Waals surface area contributed by atoms with E-state index in [0.29, 0.717) is 11.2 Å². The summed E-state index contributed by atoms with van der Waals surface area (Å²) in [5, 5.41) is 6.94. The van der Waals surface area contributed by atoms with Crippen LogP contribution in [-0.4, -0.2) is 44.9 Å². The molecule has 1 aliphatic rings. The quantitative estimate of drug-likeness (QED) is 0.911. The Balaban J connectivity index is 2.04. The fourth-order valence-electron chi connectivity index (χ4n) is 3.21. The molecule has 0 bridgehead atoms. The van der Waals surface area contributed by atoms with Crippen LogP contribution in [0.15, 0.2) is 18.5 Å². The van der Waals surface area contributed by atoms with E-state index in [9.17, 15) is 9.59 Å². The largest absolute Gasteiger partial charge is 0.355 e. The van der Waals surface area contributed by atoms with Crippen LogP contribution in [0.5, 0.6) is 0 Å². The second-order valence-corrected chi connectivity index (χ2v) is 7.15. The number of nitrogens with zero attached hydrogens (tertiary/aromatic N) is 4. The highest BCUT2D eigenvalue weighted by Gasteiger charge is 2.37. The summed E-state index contributed by atoms with van der Waals surface area (Å²) in [4.78, 5) is 30.9. The smallest absolute Gasteiger partial charge is 0.256 e. The molecule has 0 aliphatic carbocycles. The summed E-state index contributed by atoms with van der Waals surface area (Å²) in [5.41, 5.74) is 1.42. The summed E-state index contributed by atoms with van der Waals surface area (Å²) >= 11 is 0. The minimum atomic E-state index is -0.424. The van der Waals surface area contributed by atoms with Gasteiger partial charge >= 0.3 is 0 Å². The minimum absolute atomic E-state index is 0.0420. The van der Waals surface area contributed by atoms with Crippen LogP contribution in [0.1, 0.15) is 55.7 Å². The first-order valence-corrected chi connectivity index (χ1v) is 8.20. The van der Waals surface area contributed by atoms with Gasteiger partial charge < -0.3 is 10.2 Å². The van der Waals surface area contributed by atoms with E-state index in [1.165, 1.54) is 6.20 Å². The van der Waals surface area contributed by atoms with Gasteiger partial charge in [-0.15, -0.1) is 0 Å². The number of fused-ring (bicyclic) bond motifs is 1. The van der Waals surface area contributed by atoms with Crippen molar-refractivity contribution < 1.29 is 9.59 Å². The van der Waals surface area contributed by atoms with Gasteiger partial charge in [0.25, 0.3) is 5.91 Å². The van der Waals surface area contributed by atoms with E-state index >= 15 is 0 Å². The highest BCUT2D eigenvalue weighted by atomic mass is 16.2. The lowest BCUT2D eigenvalue weighted by Crippen LogP contribution is -2.39. The summed E-state index contributed by atoms with van der Waals surface area (Å²) in [6.07, 6.45) is 5.04. The van der Waals surface area contributed by atoms with E-state index in [4.69, 9.17) is 0 Å². The standard InChI is InChI=1S/C17H23N5O2/c1-17(2,3)16(24)21-9-5-6-12(21)13-7-8-19-14-11(15(23)18-4)10-20-22(13)14/h7-8,10,12H,5-6,9H2,1-4H3,(H,18,23)/t12-/m1/s1.